The Kier molecular flexibility index (Phi) is 5.97. The molecule has 0 aromatic heterocycles. The molecule has 3 rings (SSSR count). The summed E-state index contributed by atoms with van der Waals surface area (Å²) in [5.74, 6) is 0.519. The van der Waals surface area contributed by atoms with Crippen LogP contribution >= 0.6 is 11.6 Å². The molecule has 0 radical (unpaired) electrons. The van der Waals surface area contributed by atoms with Crippen LogP contribution in [0.25, 0.3) is 0 Å². The van der Waals surface area contributed by atoms with Gasteiger partial charge in [0.1, 0.15) is 0 Å². The van der Waals surface area contributed by atoms with Crippen LogP contribution in [0.15, 0.2) is 24.3 Å². The van der Waals surface area contributed by atoms with E-state index < -0.39 is 0 Å². The molecule has 1 saturated heterocycles. The van der Waals surface area contributed by atoms with Crippen LogP contribution in [0.2, 0.25) is 5.02 Å². The zero-order chi connectivity index (χ0) is 17.8. The van der Waals surface area contributed by atoms with E-state index in [0.717, 1.165) is 37.8 Å². The number of carbonyl (C=O) groups excluding carboxylic acids is 2. The van der Waals surface area contributed by atoms with Gasteiger partial charge in [-0.15, -0.1) is 0 Å². The highest BCUT2D eigenvalue weighted by Crippen LogP contribution is 2.49. The standard InChI is InChI=1S/C19H26ClN3O2/c20-14-5-3-4-13(10-14)16-11-17(16)19(25)23-9-2-1-6-15(23)12-22-18(24)7-8-21/h3-5,10,15-17H,1-2,6-9,11-12,21H2,(H,22,24). The molecular weight excluding hydrogens is 338 g/mol. The van der Waals surface area contributed by atoms with Gasteiger partial charge in [-0.3, -0.25) is 9.59 Å². The molecule has 5 nitrogen and oxygen atoms in total. The summed E-state index contributed by atoms with van der Waals surface area (Å²) in [4.78, 5) is 26.6. The van der Waals surface area contributed by atoms with Crippen LogP contribution in [-0.4, -0.2) is 42.4 Å². The van der Waals surface area contributed by atoms with Crippen molar-refractivity contribution in [2.75, 3.05) is 19.6 Å². The van der Waals surface area contributed by atoms with Crippen molar-refractivity contribution < 1.29 is 9.59 Å². The molecule has 3 unspecified atom stereocenters. The van der Waals surface area contributed by atoms with E-state index in [4.69, 9.17) is 17.3 Å². The normalized spacial score (nSPS) is 25.5. The SMILES string of the molecule is NCCC(=O)NCC1CCCCN1C(=O)C1CC1c1cccc(Cl)c1. The van der Waals surface area contributed by atoms with Crippen molar-refractivity contribution in [2.45, 2.75) is 44.1 Å². The van der Waals surface area contributed by atoms with Crippen LogP contribution in [0.1, 0.15) is 43.6 Å². The average molecular weight is 364 g/mol. The van der Waals surface area contributed by atoms with Crippen molar-refractivity contribution in [3.8, 4) is 0 Å². The number of hydrogen-bond acceptors (Lipinski definition) is 3. The summed E-state index contributed by atoms with van der Waals surface area (Å²) in [6.07, 6.45) is 4.31. The van der Waals surface area contributed by atoms with Gasteiger partial charge < -0.3 is 16.0 Å². The van der Waals surface area contributed by atoms with Crippen molar-refractivity contribution in [1.82, 2.24) is 10.2 Å². The second-order valence-corrected chi connectivity index (χ2v) is 7.46. The Morgan fingerprint density at radius 3 is 2.92 bits per heavy atom. The zero-order valence-corrected chi connectivity index (χ0v) is 15.2. The summed E-state index contributed by atoms with van der Waals surface area (Å²) in [5.41, 5.74) is 6.56. The van der Waals surface area contributed by atoms with Gasteiger partial charge in [0.05, 0.1) is 0 Å². The maximum Gasteiger partial charge on any atom is 0.226 e. The number of hydrogen-bond donors (Lipinski definition) is 2. The Morgan fingerprint density at radius 1 is 1.32 bits per heavy atom. The van der Waals surface area contributed by atoms with Crippen molar-refractivity contribution >= 4 is 23.4 Å². The molecule has 2 fully saturated rings. The van der Waals surface area contributed by atoms with Gasteiger partial charge in [0, 0.05) is 43.0 Å². The Hall–Kier alpha value is -1.59. The van der Waals surface area contributed by atoms with E-state index in [-0.39, 0.29) is 29.7 Å². The van der Waals surface area contributed by atoms with E-state index in [2.05, 4.69) is 5.32 Å². The second kappa shape index (κ2) is 8.19. The van der Waals surface area contributed by atoms with E-state index in [9.17, 15) is 9.59 Å². The lowest BCUT2D eigenvalue weighted by Gasteiger charge is -2.36. The number of benzene rings is 1. The third kappa shape index (κ3) is 4.53. The molecule has 136 valence electrons. The van der Waals surface area contributed by atoms with E-state index in [1.807, 2.05) is 29.2 Å². The van der Waals surface area contributed by atoms with Crippen LogP contribution in [0.3, 0.4) is 0 Å². The molecule has 2 aliphatic rings. The first-order valence-electron chi connectivity index (χ1n) is 9.13. The van der Waals surface area contributed by atoms with E-state index in [0.29, 0.717) is 24.5 Å². The predicted molar refractivity (Wildman–Crippen MR) is 98.3 cm³/mol. The number of halogens is 1. The fourth-order valence-electron chi connectivity index (χ4n) is 3.74. The molecule has 3 N–H and O–H groups in total. The quantitative estimate of drug-likeness (QED) is 0.814. The lowest BCUT2D eigenvalue weighted by Crippen LogP contribution is -2.50. The number of nitrogens with zero attached hydrogens (tertiary/aromatic N) is 1. The highest BCUT2D eigenvalue weighted by Gasteiger charge is 2.47. The fraction of sp³-hybridized carbons (Fsp3) is 0.579. The molecule has 6 heteroatoms. The second-order valence-electron chi connectivity index (χ2n) is 7.03. The van der Waals surface area contributed by atoms with Crippen molar-refractivity contribution in [2.24, 2.45) is 11.7 Å². The minimum absolute atomic E-state index is 0.0382. The number of piperidine rings is 1. The molecule has 3 atom stereocenters. The summed E-state index contributed by atoms with van der Waals surface area (Å²) < 4.78 is 0. The maximum absolute atomic E-state index is 13.0. The summed E-state index contributed by atoms with van der Waals surface area (Å²) in [5, 5.41) is 3.63. The largest absolute Gasteiger partial charge is 0.354 e. The van der Waals surface area contributed by atoms with Gasteiger partial charge in [-0.1, -0.05) is 23.7 Å². The van der Waals surface area contributed by atoms with Gasteiger partial charge in [-0.2, -0.15) is 0 Å². The molecule has 0 spiro atoms. The van der Waals surface area contributed by atoms with Gasteiger partial charge in [0.15, 0.2) is 0 Å². The van der Waals surface area contributed by atoms with E-state index in [1.165, 1.54) is 0 Å². The Morgan fingerprint density at radius 2 is 2.16 bits per heavy atom. The summed E-state index contributed by atoms with van der Waals surface area (Å²) in [6.45, 7) is 1.66. The Labute approximate surface area is 153 Å². The minimum atomic E-state index is -0.0382. The number of likely N-dealkylation sites (tertiary alicyclic amines) is 1. The Bertz CT molecular complexity index is 637. The highest BCUT2D eigenvalue weighted by atomic mass is 35.5. The summed E-state index contributed by atoms with van der Waals surface area (Å²) >= 11 is 6.07. The maximum atomic E-state index is 13.0. The van der Waals surface area contributed by atoms with E-state index >= 15 is 0 Å². The molecule has 25 heavy (non-hydrogen) atoms. The van der Waals surface area contributed by atoms with Crippen molar-refractivity contribution in [1.29, 1.82) is 0 Å². The molecular formula is C19H26ClN3O2. The zero-order valence-electron chi connectivity index (χ0n) is 14.4. The number of carbonyl (C=O) groups is 2. The number of nitrogens with two attached hydrogens (primary N) is 1. The average Bonchev–Trinajstić information content (AvgIpc) is 3.41. The van der Waals surface area contributed by atoms with Crippen molar-refractivity contribution in [3.05, 3.63) is 34.9 Å². The molecule has 0 bridgehead atoms. The molecule has 1 aromatic carbocycles. The van der Waals surface area contributed by atoms with Crippen LogP contribution in [-0.2, 0) is 9.59 Å². The summed E-state index contributed by atoms with van der Waals surface area (Å²) in [7, 11) is 0. The van der Waals surface area contributed by atoms with Crippen LogP contribution in [0.5, 0.6) is 0 Å². The topological polar surface area (TPSA) is 75.4 Å². The predicted octanol–water partition coefficient (Wildman–Crippen LogP) is 2.29. The monoisotopic (exact) mass is 363 g/mol. The van der Waals surface area contributed by atoms with Gasteiger partial charge in [-0.05, 0) is 49.3 Å². The van der Waals surface area contributed by atoms with Crippen LogP contribution < -0.4 is 11.1 Å². The Balaban J connectivity index is 1.59. The molecule has 1 aromatic rings. The first kappa shape index (κ1) is 18.2. The number of amides is 2. The highest BCUT2D eigenvalue weighted by molar-refractivity contribution is 6.30. The van der Waals surface area contributed by atoms with Gasteiger partial charge in [0.2, 0.25) is 11.8 Å². The lowest BCUT2D eigenvalue weighted by molar-refractivity contribution is -0.137. The molecule has 1 aliphatic carbocycles. The third-order valence-corrected chi connectivity index (χ3v) is 5.44. The van der Waals surface area contributed by atoms with Crippen LogP contribution in [0, 0.1) is 5.92 Å². The molecule has 1 heterocycles. The van der Waals surface area contributed by atoms with Crippen LogP contribution in [0.4, 0.5) is 0 Å². The van der Waals surface area contributed by atoms with Crippen molar-refractivity contribution in [3.63, 3.8) is 0 Å². The minimum Gasteiger partial charge on any atom is -0.354 e. The lowest BCUT2D eigenvalue weighted by atomic mass is 10.0. The molecule has 1 aliphatic heterocycles. The van der Waals surface area contributed by atoms with Gasteiger partial charge >= 0.3 is 0 Å². The van der Waals surface area contributed by atoms with Gasteiger partial charge in [0.25, 0.3) is 0 Å². The smallest absolute Gasteiger partial charge is 0.226 e. The number of rotatable bonds is 6. The first-order chi connectivity index (χ1) is 12.1. The number of nitrogens with one attached hydrogen (secondary N) is 1. The summed E-state index contributed by atoms with van der Waals surface area (Å²) in [6, 6.07) is 7.90. The first-order valence-corrected chi connectivity index (χ1v) is 9.50. The fourth-order valence-corrected chi connectivity index (χ4v) is 3.94. The van der Waals surface area contributed by atoms with Gasteiger partial charge in [-0.25, -0.2) is 0 Å². The third-order valence-electron chi connectivity index (χ3n) is 5.20. The van der Waals surface area contributed by atoms with E-state index in [1.54, 1.807) is 0 Å². The molecule has 1 saturated carbocycles. The molecule has 2 amide bonds.